The fourth-order valence-electron chi connectivity index (χ4n) is 1.89. The molecule has 1 aliphatic rings. The minimum absolute atomic E-state index is 0.0660. The second-order valence-electron chi connectivity index (χ2n) is 4.03. The van der Waals surface area contributed by atoms with Crippen LogP contribution in [0.3, 0.4) is 0 Å². The van der Waals surface area contributed by atoms with Crippen molar-refractivity contribution in [2.24, 2.45) is 0 Å². The number of nitrogens with one attached hydrogen (secondary N) is 1. The van der Waals surface area contributed by atoms with Crippen molar-refractivity contribution < 1.29 is 20.3 Å². The SMILES string of the molecule is CC1=C(C(=O)NCCO)N(O)c2ccccc2N1O. The molecule has 0 radical (unpaired) electrons. The molecule has 0 aromatic heterocycles. The number of rotatable bonds is 3. The highest BCUT2D eigenvalue weighted by atomic mass is 16.5. The lowest BCUT2D eigenvalue weighted by Gasteiger charge is -2.33. The average molecular weight is 265 g/mol. The Hall–Kier alpha value is -2.09. The fraction of sp³-hybridized carbons (Fsp3) is 0.250. The van der Waals surface area contributed by atoms with Crippen LogP contribution < -0.4 is 15.4 Å². The molecule has 0 spiro atoms. The molecular formula is C12H15N3O4. The zero-order chi connectivity index (χ0) is 14.0. The number of allylic oxidation sites excluding steroid dienone is 1. The van der Waals surface area contributed by atoms with E-state index in [-0.39, 0.29) is 24.5 Å². The van der Waals surface area contributed by atoms with Gasteiger partial charge < -0.3 is 10.4 Å². The second kappa shape index (κ2) is 5.27. The molecule has 4 N–H and O–H groups in total. The van der Waals surface area contributed by atoms with Crippen molar-refractivity contribution >= 4 is 17.3 Å². The summed E-state index contributed by atoms with van der Waals surface area (Å²) in [6, 6.07) is 6.58. The van der Waals surface area contributed by atoms with Gasteiger partial charge in [-0.15, -0.1) is 0 Å². The third-order valence-electron chi connectivity index (χ3n) is 2.82. The van der Waals surface area contributed by atoms with Crippen molar-refractivity contribution in [2.75, 3.05) is 23.3 Å². The highest BCUT2D eigenvalue weighted by molar-refractivity contribution is 6.00. The lowest BCUT2D eigenvalue weighted by molar-refractivity contribution is -0.118. The fourth-order valence-corrected chi connectivity index (χ4v) is 1.89. The van der Waals surface area contributed by atoms with Crippen LogP contribution >= 0.6 is 0 Å². The maximum absolute atomic E-state index is 11.9. The van der Waals surface area contributed by atoms with Crippen molar-refractivity contribution in [1.82, 2.24) is 5.32 Å². The largest absolute Gasteiger partial charge is 0.395 e. The van der Waals surface area contributed by atoms with Crippen LogP contribution in [0.15, 0.2) is 35.7 Å². The minimum Gasteiger partial charge on any atom is -0.395 e. The summed E-state index contributed by atoms with van der Waals surface area (Å²) < 4.78 is 0. The molecule has 1 heterocycles. The second-order valence-corrected chi connectivity index (χ2v) is 4.03. The van der Waals surface area contributed by atoms with Gasteiger partial charge in [-0.1, -0.05) is 12.1 Å². The predicted octanol–water partition coefficient (Wildman–Crippen LogP) is 0.431. The summed E-state index contributed by atoms with van der Waals surface area (Å²) in [6.45, 7) is 1.37. The van der Waals surface area contributed by atoms with Gasteiger partial charge in [0, 0.05) is 6.54 Å². The Balaban J connectivity index is 2.39. The molecule has 0 saturated heterocycles. The van der Waals surface area contributed by atoms with E-state index in [1.54, 1.807) is 24.3 Å². The zero-order valence-electron chi connectivity index (χ0n) is 10.4. The number of hydrogen-bond donors (Lipinski definition) is 4. The monoisotopic (exact) mass is 265 g/mol. The first-order valence-corrected chi connectivity index (χ1v) is 5.75. The van der Waals surface area contributed by atoms with E-state index in [0.717, 1.165) is 10.1 Å². The number of benzene rings is 1. The number of carbonyl (C=O) groups is 1. The predicted molar refractivity (Wildman–Crippen MR) is 67.8 cm³/mol. The van der Waals surface area contributed by atoms with Crippen LogP contribution in [0.1, 0.15) is 6.92 Å². The van der Waals surface area contributed by atoms with Gasteiger partial charge in [-0.25, -0.2) is 10.1 Å². The maximum atomic E-state index is 11.9. The van der Waals surface area contributed by atoms with E-state index in [1.807, 2.05) is 0 Å². The van der Waals surface area contributed by atoms with Gasteiger partial charge in [-0.2, -0.15) is 0 Å². The van der Waals surface area contributed by atoms with Gasteiger partial charge in [0.1, 0.15) is 0 Å². The molecule has 2 rings (SSSR count). The van der Waals surface area contributed by atoms with E-state index in [4.69, 9.17) is 5.11 Å². The van der Waals surface area contributed by atoms with Crippen LogP contribution in [-0.2, 0) is 4.79 Å². The number of amides is 1. The van der Waals surface area contributed by atoms with E-state index in [0.29, 0.717) is 11.4 Å². The summed E-state index contributed by atoms with van der Waals surface area (Å²) in [4.78, 5) is 11.9. The van der Waals surface area contributed by atoms with Crippen LogP contribution in [0.4, 0.5) is 11.4 Å². The Kier molecular flexibility index (Phi) is 3.70. The van der Waals surface area contributed by atoms with Gasteiger partial charge in [0.05, 0.1) is 23.7 Å². The third-order valence-corrected chi connectivity index (χ3v) is 2.82. The summed E-state index contributed by atoms with van der Waals surface area (Å²) in [5.74, 6) is -0.581. The first-order chi connectivity index (χ1) is 9.07. The van der Waals surface area contributed by atoms with Gasteiger partial charge in [0.15, 0.2) is 5.70 Å². The molecule has 7 nitrogen and oxygen atoms in total. The number of para-hydroxylation sites is 2. The van der Waals surface area contributed by atoms with Crippen molar-refractivity contribution in [3.63, 3.8) is 0 Å². The smallest absolute Gasteiger partial charge is 0.272 e. The van der Waals surface area contributed by atoms with E-state index in [9.17, 15) is 15.2 Å². The van der Waals surface area contributed by atoms with Gasteiger partial charge in [0.25, 0.3) is 5.91 Å². The lowest BCUT2D eigenvalue weighted by Crippen LogP contribution is -2.41. The molecule has 7 heteroatoms. The van der Waals surface area contributed by atoms with Gasteiger partial charge in [0.2, 0.25) is 0 Å². The number of carbonyl (C=O) groups excluding carboxylic acids is 1. The van der Waals surface area contributed by atoms with Crippen molar-refractivity contribution in [2.45, 2.75) is 6.92 Å². The molecule has 0 saturated carbocycles. The first-order valence-electron chi connectivity index (χ1n) is 5.75. The Morgan fingerprint density at radius 2 is 1.79 bits per heavy atom. The molecule has 0 fully saturated rings. The van der Waals surface area contributed by atoms with Crippen LogP contribution in [0.5, 0.6) is 0 Å². The molecule has 0 aliphatic carbocycles. The molecule has 1 aromatic rings. The van der Waals surface area contributed by atoms with E-state index >= 15 is 0 Å². The highest BCUT2D eigenvalue weighted by Crippen LogP contribution is 2.37. The number of aliphatic hydroxyl groups is 1. The molecule has 102 valence electrons. The molecule has 19 heavy (non-hydrogen) atoms. The van der Waals surface area contributed by atoms with Gasteiger partial charge in [-0.05, 0) is 19.1 Å². The zero-order valence-corrected chi connectivity index (χ0v) is 10.4. The summed E-state index contributed by atoms with van der Waals surface area (Å²) in [5, 5.41) is 32.8. The topological polar surface area (TPSA) is 96.3 Å². The average Bonchev–Trinajstić information content (AvgIpc) is 2.43. The molecule has 1 aliphatic heterocycles. The Bertz CT molecular complexity index is 529. The Labute approximate surface area is 109 Å². The van der Waals surface area contributed by atoms with Crippen LogP contribution in [0.2, 0.25) is 0 Å². The molecule has 0 unspecified atom stereocenters. The lowest BCUT2D eigenvalue weighted by atomic mass is 10.1. The Morgan fingerprint density at radius 3 is 2.37 bits per heavy atom. The third kappa shape index (κ3) is 2.26. The summed E-state index contributed by atoms with van der Waals surface area (Å²) >= 11 is 0. The normalized spacial score (nSPS) is 14.5. The standard InChI is InChI=1S/C12H15N3O4/c1-8-11(12(17)13-6-7-16)15(19)10-5-3-2-4-9(10)14(8)18/h2-5,16,18-19H,6-7H2,1H3,(H,13,17). The minimum atomic E-state index is -0.581. The number of anilines is 2. The number of nitrogens with zero attached hydrogens (tertiary/aromatic N) is 2. The van der Waals surface area contributed by atoms with Crippen LogP contribution in [0, 0.1) is 0 Å². The van der Waals surface area contributed by atoms with Crippen molar-refractivity contribution in [3.8, 4) is 0 Å². The summed E-state index contributed by atoms with van der Waals surface area (Å²) in [6.07, 6.45) is 0. The highest BCUT2D eigenvalue weighted by Gasteiger charge is 2.31. The van der Waals surface area contributed by atoms with Gasteiger partial charge in [-0.3, -0.25) is 15.2 Å². The van der Waals surface area contributed by atoms with E-state index in [1.165, 1.54) is 6.92 Å². The molecule has 0 atom stereocenters. The van der Waals surface area contributed by atoms with Crippen molar-refractivity contribution in [3.05, 3.63) is 35.7 Å². The number of aliphatic hydroxyl groups excluding tert-OH is 1. The number of hydroxylamine groups is 2. The molecule has 1 aromatic carbocycles. The first kappa shape index (κ1) is 13.3. The quantitative estimate of drug-likeness (QED) is 0.633. The maximum Gasteiger partial charge on any atom is 0.272 e. The molecular weight excluding hydrogens is 250 g/mol. The molecule has 0 bridgehead atoms. The van der Waals surface area contributed by atoms with Crippen LogP contribution in [-0.4, -0.2) is 34.6 Å². The summed E-state index contributed by atoms with van der Waals surface area (Å²) in [7, 11) is 0. The van der Waals surface area contributed by atoms with Crippen molar-refractivity contribution in [1.29, 1.82) is 0 Å². The Morgan fingerprint density at radius 1 is 1.21 bits per heavy atom. The molecule has 1 amide bonds. The summed E-state index contributed by atoms with van der Waals surface area (Å²) in [5.41, 5.74) is 0.775. The van der Waals surface area contributed by atoms with E-state index in [2.05, 4.69) is 5.32 Å². The van der Waals surface area contributed by atoms with E-state index < -0.39 is 5.91 Å². The number of fused-ring (bicyclic) bond motifs is 1. The van der Waals surface area contributed by atoms with Crippen LogP contribution in [0.25, 0.3) is 0 Å². The van der Waals surface area contributed by atoms with Gasteiger partial charge >= 0.3 is 0 Å². The number of hydrogen-bond acceptors (Lipinski definition) is 6.